The fourth-order valence-electron chi connectivity index (χ4n) is 1.41. The van der Waals surface area contributed by atoms with Crippen molar-refractivity contribution in [1.29, 1.82) is 0 Å². The second-order valence-electron chi connectivity index (χ2n) is 3.24. The molecule has 1 aromatic heterocycles. The fraction of sp³-hybridized carbons (Fsp3) is 0.444. The van der Waals surface area contributed by atoms with Gasteiger partial charge in [-0.1, -0.05) is 11.6 Å². The Bertz CT molecular complexity index is 408. The second kappa shape index (κ2) is 4.95. The molecular weight excluding hydrogens is 253 g/mol. The van der Waals surface area contributed by atoms with Crippen molar-refractivity contribution in [2.75, 3.05) is 31.2 Å². The van der Waals surface area contributed by atoms with Gasteiger partial charge in [0, 0.05) is 13.1 Å². The van der Waals surface area contributed by atoms with Crippen molar-refractivity contribution in [3.63, 3.8) is 0 Å². The lowest BCUT2D eigenvalue weighted by molar-refractivity contribution is 0.107. The molecule has 0 atom stereocenters. The van der Waals surface area contributed by atoms with Gasteiger partial charge in [-0.2, -0.15) is 0 Å². The van der Waals surface area contributed by atoms with Crippen LogP contribution in [0.2, 0.25) is 5.02 Å². The average molecular weight is 262 g/mol. The molecule has 7 heteroatoms. The van der Waals surface area contributed by atoms with E-state index in [0.717, 1.165) is 0 Å². The van der Waals surface area contributed by atoms with E-state index in [4.69, 9.17) is 27.9 Å². The molecule has 1 saturated heterocycles. The largest absolute Gasteiger partial charge is 0.378 e. The number of ether oxygens (including phenoxy) is 1. The molecule has 0 amide bonds. The molecule has 0 aliphatic carbocycles. The minimum Gasteiger partial charge on any atom is -0.378 e. The summed E-state index contributed by atoms with van der Waals surface area (Å²) in [6, 6.07) is 0. The van der Waals surface area contributed by atoms with E-state index < -0.39 is 5.24 Å². The molecule has 1 aromatic rings. The van der Waals surface area contributed by atoms with Gasteiger partial charge >= 0.3 is 0 Å². The van der Waals surface area contributed by atoms with Gasteiger partial charge in [0.25, 0.3) is 5.24 Å². The molecule has 5 nitrogen and oxygen atoms in total. The van der Waals surface area contributed by atoms with Crippen molar-refractivity contribution >= 4 is 34.4 Å². The number of morpholine rings is 1. The van der Waals surface area contributed by atoms with Crippen LogP contribution in [0.25, 0.3) is 0 Å². The van der Waals surface area contributed by atoms with Crippen molar-refractivity contribution in [3.05, 3.63) is 16.9 Å². The number of nitrogens with zero attached hydrogens (tertiary/aromatic N) is 3. The zero-order valence-electron chi connectivity index (χ0n) is 8.32. The van der Waals surface area contributed by atoms with E-state index in [1.807, 2.05) is 4.90 Å². The van der Waals surface area contributed by atoms with Gasteiger partial charge in [-0.25, -0.2) is 9.97 Å². The minimum absolute atomic E-state index is 0.0415. The molecule has 0 unspecified atom stereocenters. The molecule has 0 N–H and O–H groups in total. The van der Waals surface area contributed by atoms with Crippen molar-refractivity contribution in [2.45, 2.75) is 0 Å². The molecule has 1 aliphatic heterocycles. The van der Waals surface area contributed by atoms with Crippen LogP contribution in [0.4, 0.5) is 5.95 Å². The van der Waals surface area contributed by atoms with E-state index >= 15 is 0 Å². The Morgan fingerprint density at radius 2 is 2.12 bits per heavy atom. The molecule has 86 valence electrons. The first-order valence-corrected chi connectivity index (χ1v) is 5.49. The predicted octanol–water partition coefficient (Wildman–Crippen LogP) is 1.35. The monoisotopic (exact) mass is 261 g/mol. The number of hydrogen-bond donors (Lipinski definition) is 0. The lowest BCUT2D eigenvalue weighted by atomic mass is 10.4. The molecule has 2 heterocycles. The van der Waals surface area contributed by atoms with Crippen LogP contribution in [0.3, 0.4) is 0 Å². The maximum absolute atomic E-state index is 11.0. The van der Waals surface area contributed by atoms with Crippen LogP contribution >= 0.6 is 23.2 Å². The molecule has 2 rings (SSSR count). The Labute approximate surface area is 102 Å². The fourth-order valence-corrected chi connectivity index (χ4v) is 1.78. The van der Waals surface area contributed by atoms with E-state index in [0.29, 0.717) is 32.3 Å². The predicted molar refractivity (Wildman–Crippen MR) is 60.3 cm³/mol. The first-order valence-electron chi connectivity index (χ1n) is 4.73. The van der Waals surface area contributed by atoms with Gasteiger partial charge < -0.3 is 9.64 Å². The highest BCUT2D eigenvalue weighted by Crippen LogP contribution is 2.18. The third-order valence-electron chi connectivity index (χ3n) is 2.21. The summed E-state index contributed by atoms with van der Waals surface area (Å²) in [5, 5.41) is -0.515. The SMILES string of the molecule is O=C(Cl)c1nc(N2CCOCC2)ncc1Cl. The number of carbonyl (C=O) groups is 1. The van der Waals surface area contributed by atoms with Gasteiger partial charge in [0.15, 0.2) is 0 Å². The van der Waals surface area contributed by atoms with Gasteiger partial charge in [-0.3, -0.25) is 4.79 Å². The van der Waals surface area contributed by atoms with Gasteiger partial charge in [-0.05, 0) is 11.6 Å². The molecule has 0 radical (unpaired) electrons. The Kier molecular flexibility index (Phi) is 3.58. The highest BCUT2D eigenvalue weighted by atomic mass is 35.5. The van der Waals surface area contributed by atoms with E-state index in [-0.39, 0.29) is 10.7 Å². The molecule has 16 heavy (non-hydrogen) atoms. The maximum Gasteiger partial charge on any atom is 0.272 e. The average Bonchev–Trinajstić information content (AvgIpc) is 2.30. The first kappa shape index (κ1) is 11.6. The van der Waals surface area contributed by atoms with Crippen LogP contribution in [-0.2, 0) is 4.74 Å². The highest BCUT2D eigenvalue weighted by Gasteiger charge is 2.17. The third-order valence-corrected chi connectivity index (χ3v) is 2.67. The van der Waals surface area contributed by atoms with Gasteiger partial charge in [0.1, 0.15) is 5.69 Å². The van der Waals surface area contributed by atoms with Crippen LogP contribution in [0.5, 0.6) is 0 Å². The van der Waals surface area contributed by atoms with Crippen LogP contribution in [0.15, 0.2) is 6.20 Å². The summed E-state index contributed by atoms with van der Waals surface area (Å²) in [4.78, 5) is 21.1. The Morgan fingerprint density at radius 3 is 2.75 bits per heavy atom. The topological polar surface area (TPSA) is 55.3 Å². The number of rotatable bonds is 2. The zero-order valence-corrected chi connectivity index (χ0v) is 9.83. The lowest BCUT2D eigenvalue weighted by Gasteiger charge is -2.26. The van der Waals surface area contributed by atoms with Gasteiger partial charge in [0.05, 0.1) is 24.4 Å². The number of anilines is 1. The van der Waals surface area contributed by atoms with Gasteiger partial charge in [-0.15, -0.1) is 0 Å². The molecule has 0 spiro atoms. The molecule has 1 fully saturated rings. The first-order chi connectivity index (χ1) is 7.68. The quantitative estimate of drug-likeness (QED) is 0.753. The molecule has 0 saturated carbocycles. The molecule has 1 aliphatic rings. The number of hydrogen-bond acceptors (Lipinski definition) is 5. The number of carbonyl (C=O) groups excluding carboxylic acids is 1. The van der Waals surface area contributed by atoms with E-state index in [2.05, 4.69) is 9.97 Å². The van der Waals surface area contributed by atoms with Crippen molar-refractivity contribution < 1.29 is 9.53 Å². The smallest absolute Gasteiger partial charge is 0.272 e. The van der Waals surface area contributed by atoms with E-state index in [1.165, 1.54) is 6.20 Å². The van der Waals surface area contributed by atoms with Crippen molar-refractivity contribution in [2.24, 2.45) is 0 Å². The summed E-state index contributed by atoms with van der Waals surface area (Å²) in [6.45, 7) is 2.63. The third kappa shape index (κ3) is 2.42. The van der Waals surface area contributed by atoms with Crippen LogP contribution in [0, 0.1) is 0 Å². The summed E-state index contributed by atoms with van der Waals surface area (Å²) >= 11 is 11.1. The van der Waals surface area contributed by atoms with E-state index in [9.17, 15) is 4.79 Å². The van der Waals surface area contributed by atoms with Crippen molar-refractivity contribution in [3.8, 4) is 0 Å². The summed E-state index contributed by atoms with van der Waals surface area (Å²) < 4.78 is 5.21. The standard InChI is InChI=1S/C9H9Cl2N3O2/c10-6-5-12-9(13-7(6)8(11)15)14-1-3-16-4-2-14/h5H,1-4H2. The molecule has 0 bridgehead atoms. The normalized spacial score (nSPS) is 16.2. The van der Waals surface area contributed by atoms with Crippen LogP contribution < -0.4 is 4.90 Å². The molecule has 0 aromatic carbocycles. The number of aromatic nitrogens is 2. The molecular formula is C9H9Cl2N3O2. The Hall–Kier alpha value is -0.910. The summed E-state index contributed by atoms with van der Waals surface area (Å²) in [5.74, 6) is 0.455. The summed E-state index contributed by atoms with van der Waals surface area (Å²) in [5.41, 5.74) is 0.0415. The highest BCUT2D eigenvalue weighted by molar-refractivity contribution is 6.68. The Balaban J connectivity index is 2.27. The lowest BCUT2D eigenvalue weighted by Crippen LogP contribution is -2.37. The number of halogens is 2. The van der Waals surface area contributed by atoms with Crippen LogP contribution in [0.1, 0.15) is 10.5 Å². The zero-order chi connectivity index (χ0) is 11.5. The van der Waals surface area contributed by atoms with Crippen LogP contribution in [-0.4, -0.2) is 41.5 Å². The maximum atomic E-state index is 11.0. The van der Waals surface area contributed by atoms with Crippen molar-refractivity contribution in [1.82, 2.24) is 9.97 Å². The minimum atomic E-state index is -0.679. The van der Waals surface area contributed by atoms with Gasteiger partial charge in [0.2, 0.25) is 5.95 Å². The summed E-state index contributed by atoms with van der Waals surface area (Å²) in [6.07, 6.45) is 1.38. The summed E-state index contributed by atoms with van der Waals surface area (Å²) in [7, 11) is 0. The van der Waals surface area contributed by atoms with E-state index in [1.54, 1.807) is 0 Å². The Morgan fingerprint density at radius 1 is 1.44 bits per heavy atom. The second-order valence-corrected chi connectivity index (χ2v) is 3.99.